The Bertz CT molecular complexity index is 1430. The molecule has 3 aromatic rings. The molecule has 8 nitrogen and oxygen atoms in total. The van der Waals surface area contributed by atoms with Crippen molar-refractivity contribution in [3.8, 4) is 5.75 Å². The third kappa shape index (κ3) is 8.18. The monoisotopic (exact) mass is 633 g/mol. The molecule has 0 spiro atoms. The van der Waals surface area contributed by atoms with Gasteiger partial charge in [0.1, 0.15) is 18.3 Å². The maximum absolute atomic E-state index is 14.2. The molecule has 0 aliphatic carbocycles. The zero-order chi connectivity index (χ0) is 30.9. The lowest BCUT2D eigenvalue weighted by atomic mass is 10.1. The van der Waals surface area contributed by atoms with Gasteiger partial charge in [-0.15, -0.1) is 0 Å². The minimum Gasteiger partial charge on any atom is -0.494 e. The van der Waals surface area contributed by atoms with Crippen LogP contribution in [0, 0.1) is 0 Å². The molecule has 0 aliphatic rings. The summed E-state index contributed by atoms with van der Waals surface area (Å²) < 4.78 is 34.5. The number of para-hydroxylation sites is 1. The lowest BCUT2D eigenvalue weighted by Gasteiger charge is -2.34. The van der Waals surface area contributed by atoms with Crippen molar-refractivity contribution in [3.05, 3.63) is 88.4 Å². The number of sulfonamides is 1. The Kier molecular flexibility index (Phi) is 12.1. The number of carbonyl (C=O) groups is 2. The van der Waals surface area contributed by atoms with Gasteiger partial charge in [0.05, 0.1) is 17.2 Å². The Morgan fingerprint density at radius 1 is 0.881 bits per heavy atom. The fourth-order valence-electron chi connectivity index (χ4n) is 4.34. The molecule has 2 amide bonds. The van der Waals surface area contributed by atoms with Crippen LogP contribution in [0.15, 0.2) is 77.7 Å². The summed E-state index contributed by atoms with van der Waals surface area (Å²) in [4.78, 5) is 28.9. The van der Waals surface area contributed by atoms with E-state index in [0.717, 1.165) is 4.31 Å². The summed E-state index contributed by atoms with van der Waals surface area (Å²) in [7, 11) is -4.20. The number of amides is 2. The van der Waals surface area contributed by atoms with Crippen LogP contribution >= 0.6 is 23.2 Å². The van der Waals surface area contributed by atoms with E-state index in [1.165, 1.54) is 17.0 Å². The van der Waals surface area contributed by atoms with Gasteiger partial charge in [0.2, 0.25) is 11.8 Å². The van der Waals surface area contributed by atoms with Crippen molar-refractivity contribution in [3.63, 3.8) is 0 Å². The number of anilines is 1. The summed E-state index contributed by atoms with van der Waals surface area (Å²) in [5, 5.41) is 3.61. The van der Waals surface area contributed by atoms with E-state index in [1.807, 2.05) is 20.8 Å². The highest BCUT2D eigenvalue weighted by molar-refractivity contribution is 7.92. The third-order valence-electron chi connectivity index (χ3n) is 6.82. The van der Waals surface area contributed by atoms with Crippen LogP contribution in [0.4, 0.5) is 5.69 Å². The largest absolute Gasteiger partial charge is 0.494 e. The van der Waals surface area contributed by atoms with E-state index in [4.69, 9.17) is 27.9 Å². The molecule has 0 aliphatic heterocycles. The topological polar surface area (TPSA) is 96.0 Å². The summed E-state index contributed by atoms with van der Waals surface area (Å²) in [5.74, 6) is -0.404. The first kappa shape index (κ1) is 33.2. The predicted molar refractivity (Wildman–Crippen MR) is 168 cm³/mol. The first-order valence-corrected chi connectivity index (χ1v) is 16.1. The smallest absolute Gasteiger partial charge is 0.264 e. The normalized spacial score (nSPS) is 12.7. The van der Waals surface area contributed by atoms with Crippen molar-refractivity contribution in [2.24, 2.45) is 0 Å². The quantitative estimate of drug-likeness (QED) is 0.224. The van der Waals surface area contributed by atoms with Gasteiger partial charge >= 0.3 is 0 Å². The van der Waals surface area contributed by atoms with E-state index in [-0.39, 0.29) is 29.8 Å². The molecule has 11 heteroatoms. The van der Waals surface area contributed by atoms with Crippen LogP contribution in [0.3, 0.4) is 0 Å². The van der Waals surface area contributed by atoms with Gasteiger partial charge < -0.3 is 15.0 Å². The predicted octanol–water partition coefficient (Wildman–Crippen LogP) is 6.31. The van der Waals surface area contributed by atoms with E-state index in [1.54, 1.807) is 67.6 Å². The van der Waals surface area contributed by atoms with Crippen LogP contribution in [-0.2, 0) is 26.2 Å². The lowest BCUT2D eigenvalue weighted by Crippen LogP contribution is -2.53. The Labute approximate surface area is 258 Å². The Morgan fingerprint density at radius 3 is 2.05 bits per heavy atom. The first-order chi connectivity index (χ1) is 20.0. The van der Waals surface area contributed by atoms with E-state index < -0.39 is 28.5 Å². The van der Waals surface area contributed by atoms with Gasteiger partial charge in [-0.1, -0.05) is 61.3 Å². The molecule has 42 heavy (non-hydrogen) atoms. The molecule has 0 heterocycles. The van der Waals surface area contributed by atoms with Crippen molar-refractivity contribution in [2.45, 2.75) is 64.1 Å². The molecular formula is C31H37Cl2N3O5S. The number of carbonyl (C=O) groups excluding carboxylic acids is 2. The van der Waals surface area contributed by atoms with Crippen molar-refractivity contribution in [1.82, 2.24) is 10.2 Å². The molecule has 3 rings (SSSR count). The summed E-state index contributed by atoms with van der Waals surface area (Å²) in [6, 6.07) is 18.4. The summed E-state index contributed by atoms with van der Waals surface area (Å²) in [5.41, 5.74) is 0.761. The van der Waals surface area contributed by atoms with Gasteiger partial charge in [-0.2, -0.15) is 0 Å². The van der Waals surface area contributed by atoms with Crippen molar-refractivity contribution >= 4 is 50.7 Å². The van der Waals surface area contributed by atoms with Crippen molar-refractivity contribution < 1.29 is 22.7 Å². The second-order valence-electron chi connectivity index (χ2n) is 9.72. The number of nitrogens with one attached hydrogen (secondary N) is 1. The van der Waals surface area contributed by atoms with Gasteiger partial charge in [0.25, 0.3) is 10.0 Å². The molecule has 3 aromatic carbocycles. The van der Waals surface area contributed by atoms with Crippen LogP contribution in [0.25, 0.3) is 0 Å². The maximum atomic E-state index is 14.2. The van der Waals surface area contributed by atoms with Gasteiger partial charge in [-0.3, -0.25) is 13.9 Å². The number of rotatable bonds is 14. The summed E-state index contributed by atoms with van der Waals surface area (Å²) in [6.07, 6.45) is 0.988. The molecule has 0 saturated heterocycles. The highest BCUT2D eigenvalue weighted by Crippen LogP contribution is 2.29. The molecule has 0 saturated carbocycles. The van der Waals surface area contributed by atoms with Crippen LogP contribution < -0.4 is 14.4 Å². The fourth-order valence-corrected chi connectivity index (χ4v) is 6.27. The zero-order valence-electron chi connectivity index (χ0n) is 24.2. The molecular weight excluding hydrogens is 597 g/mol. The fraction of sp³-hybridized carbons (Fsp3) is 0.355. The lowest BCUT2D eigenvalue weighted by molar-refractivity contribution is -0.140. The second kappa shape index (κ2) is 15.3. The second-order valence-corrected chi connectivity index (χ2v) is 12.4. The third-order valence-corrected chi connectivity index (χ3v) is 9.32. The Morgan fingerprint density at radius 2 is 1.50 bits per heavy atom. The average molecular weight is 635 g/mol. The van der Waals surface area contributed by atoms with E-state index >= 15 is 0 Å². The standard InChI is InChI=1S/C31H37Cl2N3O5S/c1-5-22(4)34-31(38)29(6-2)35(20-26-27(32)14-11-15-28(26)33)30(37)21-36(23-12-9-8-10-13-23)42(39,40)25-18-16-24(17-19-25)41-7-3/h8-19,22,29H,5-7,20-21H2,1-4H3,(H,34,38)/t22-,29+/m1/s1. The van der Waals surface area contributed by atoms with Crippen molar-refractivity contribution in [2.75, 3.05) is 17.5 Å². The molecule has 226 valence electrons. The van der Waals surface area contributed by atoms with E-state index in [2.05, 4.69) is 5.32 Å². The molecule has 0 bridgehead atoms. The van der Waals surface area contributed by atoms with Gasteiger partial charge in [-0.25, -0.2) is 8.42 Å². The number of hydrogen-bond acceptors (Lipinski definition) is 5. The highest BCUT2D eigenvalue weighted by atomic mass is 35.5. The summed E-state index contributed by atoms with van der Waals surface area (Å²) in [6.45, 7) is 7.24. The Hall–Kier alpha value is -3.27. The number of halogens is 2. The van der Waals surface area contributed by atoms with Crippen molar-refractivity contribution in [1.29, 1.82) is 0 Å². The van der Waals surface area contributed by atoms with Crippen LogP contribution in [-0.4, -0.2) is 50.4 Å². The van der Waals surface area contributed by atoms with Gasteiger partial charge in [0.15, 0.2) is 0 Å². The van der Waals surface area contributed by atoms with Gasteiger partial charge in [-0.05, 0) is 75.2 Å². The van der Waals surface area contributed by atoms with Gasteiger partial charge in [0, 0.05) is 28.2 Å². The minimum absolute atomic E-state index is 0.00939. The number of nitrogens with zero attached hydrogens (tertiary/aromatic N) is 2. The van der Waals surface area contributed by atoms with Crippen LogP contribution in [0.2, 0.25) is 10.0 Å². The molecule has 0 radical (unpaired) electrons. The minimum atomic E-state index is -4.20. The average Bonchev–Trinajstić information content (AvgIpc) is 2.97. The molecule has 2 atom stereocenters. The van der Waals surface area contributed by atoms with E-state index in [9.17, 15) is 18.0 Å². The number of benzene rings is 3. The maximum Gasteiger partial charge on any atom is 0.264 e. The number of ether oxygens (including phenoxy) is 1. The summed E-state index contributed by atoms with van der Waals surface area (Å²) >= 11 is 12.9. The number of hydrogen-bond donors (Lipinski definition) is 1. The van der Waals surface area contributed by atoms with E-state index in [0.29, 0.717) is 40.1 Å². The highest BCUT2D eigenvalue weighted by Gasteiger charge is 2.34. The SMILES string of the molecule is CCOc1ccc(S(=O)(=O)N(CC(=O)N(Cc2c(Cl)cccc2Cl)[C@@H](CC)C(=O)N[C@H](C)CC)c2ccccc2)cc1. The molecule has 1 N–H and O–H groups in total. The van der Waals surface area contributed by atoms with Crippen LogP contribution in [0.1, 0.15) is 46.1 Å². The van der Waals surface area contributed by atoms with Crippen LogP contribution in [0.5, 0.6) is 5.75 Å². The Balaban J connectivity index is 2.06. The molecule has 0 unspecified atom stereocenters. The molecule has 0 fully saturated rings. The first-order valence-electron chi connectivity index (χ1n) is 13.9. The molecule has 0 aromatic heterocycles. The zero-order valence-corrected chi connectivity index (χ0v) is 26.5.